The molecule has 6 heteroatoms. The highest BCUT2D eigenvalue weighted by atomic mass is 19.1. The van der Waals surface area contributed by atoms with Crippen LogP contribution in [0.4, 0.5) is 4.39 Å². The molecule has 0 aromatic heterocycles. The molecule has 0 bridgehead atoms. The van der Waals surface area contributed by atoms with Gasteiger partial charge in [0, 0.05) is 25.2 Å². The van der Waals surface area contributed by atoms with Crippen LogP contribution in [0.2, 0.25) is 0 Å². The molecule has 2 heterocycles. The monoisotopic (exact) mass is 446 g/mol. The summed E-state index contributed by atoms with van der Waals surface area (Å²) in [7, 11) is 0. The van der Waals surface area contributed by atoms with Crippen LogP contribution in [-0.4, -0.2) is 54.4 Å². The van der Waals surface area contributed by atoms with Gasteiger partial charge in [-0.1, -0.05) is 48.5 Å². The number of benzene rings is 3. The third-order valence-corrected chi connectivity index (χ3v) is 6.70. The zero-order chi connectivity index (χ0) is 22.8. The van der Waals surface area contributed by atoms with Gasteiger partial charge in [0.05, 0.1) is 19.1 Å². The van der Waals surface area contributed by atoms with E-state index in [9.17, 15) is 14.0 Å². The Hall–Kier alpha value is -3.25. The van der Waals surface area contributed by atoms with Crippen LogP contribution in [0.1, 0.15) is 34.9 Å². The number of carbonyl (C=O) groups excluding carboxylic acids is 2. The lowest BCUT2D eigenvalue weighted by Gasteiger charge is -2.38. The van der Waals surface area contributed by atoms with Crippen molar-refractivity contribution in [2.45, 2.75) is 18.9 Å². The van der Waals surface area contributed by atoms with Crippen molar-refractivity contribution in [3.05, 3.63) is 83.7 Å². The van der Waals surface area contributed by atoms with Crippen molar-refractivity contribution in [1.29, 1.82) is 0 Å². The Bertz CT molecular complexity index is 1160. The fourth-order valence-electron chi connectivity index (χ4n) is 4.93. The van der Waals surface area contributed by atoms with E-state index in [2.05, 4.69) is 0 Å². The van der Waals surface area contributed by atoms with Gasteiger partial charge in [0.25, 0.3) is 5.91 Å². The molecule has 5 rings (SSSR count). The molecule has 2 atom stereocenters. The SMILES string of the molecule is O=C(c1cccc2ccccc12)N1CCC[C@H](C(=O)N2CCO[C@H](c3ccc(F)cc3)C2)C1. The Morgan fingerprint density at radius 2 is 1.67 bits per heavy atom. The van der Waals surface area contributed by atoms with Crippen molar-refractivity contribution >= 4 is 22.6 Å². The number of piperidine rings is 1. The zero-order valence-electron chi connectivity index (χ0n) is 18.5. The van der Waals surface area contributed by atoms with Gasteiger partial charge in [-0.2, -0.15) is 0 Å². The minimum Gasteiger partial charge on any atom is -0.370 e. The van der Waals surface area contributed by atoms with E-state index in [-0.39, 0.29) is 29.7 Å². The van der Waals surface area contributed by atoms with E-state index in [0.717, 1.165) is 29.2 Å². The second-order valence-electron chi connectivity index (χ2n) is 8.81. The van der Waals surface area contributed by atoms with Crippen molar-refractivity contribution in [3.8, 4) is 0 Å². The number of ether oxygens (including phenoxy) is 1. The molecule has 0 unspecified atom stereocenters. The summed E-state index contributed by atoms with van der Waals surface area (Å²) in [5.74, 6) is -0.457. The minimum absolute atomic E-state index is 0.0181. The standard InChI is InChI=1S/C27H27FN2O3/c28-22-12-10-20(11-13-22)25-18-30(15-16-33-25)26(31)21-7-4-14-29(17-21)27(32)24-9-3-6-19-5-1-2-8-23(19)24/h1-3,5-6,8-13,21,25H,4,7,14-18H2/t21-,25-/m0/s1. The maximum atomic E-state index is 13.4. The Balaban J connectivity index is 1.28. The summed E-state index contributed by atoms with van der Waals surface area (Å²) >= 11 is 0. The number of amides is 2. The van der Waals surface area contributed by atoms with Gasteiger partial charge in [-0.25, -0.2) is 4.39 Å². The van der Waals surface area contributed by atoms with Gasteiger partial charge in [-0.3, -0.25) is 9.59 Å². The Kier molecular flexibility index (Phi) is 6.09. The van der Waals surface area contributed by atoms with Crippen LogP contribution in [-0.2, 0) is 9.53 Å². The maximum absolute atomic E-state index is 13.4. The third kappa shape index (κ3) is 4.48. The molecule has 0 saturated carbocycles. The van der Waals surface area contributed by atoms with Gasteiger partial charge >= 0.3 is 0 Å². The predicted molar refractivity (Wildman–Crippen MR) is 124 cm³/mol. The Morgan fingerprint density at radius 1 is 0.879 bits per heavy atom. The van der Waals surface area contributed by atoms with E-state index in [1.165, 1.54) is 12.1 Å². The van der Waals surface area contributed by atoms with Crippen LogP contribution in [0.15, 0.2) is 66.7 Å². The van der Waals surface area contributed by atoms with Crippen molar-refractivity contribution < 1.29 is 18.7 Å². The number of hydrogen-bond acceptors (Lipinski definition) is 3. The van der Waals surface area contributed by atoms with Gasteiger partial charge in [0.2, 0.25) is 5.91 Å². The minimum atomic E-state index is -0.291. The van der Waals surface area contributed by atoms with Crippen molar-refractivity contribution in [1.82, 2.24) is 9.80 Å². The summed E-state index contributed by atoms with van der Waals surface area (Å²) in [6.07, 6.45) is 1.32. The quantitative estimate of drug-likeness (QED) is 0.598. The van der Waals surface area contributed by atoms with E-state index in [1.54, 1.807) is 12.1 Å². The Morgan fingerprint density at radius 3 is 2.52 bits per heavy atom. The molecule has 2 amide bonds. The average Bonchev–Trinajstić information content (AvgIpc) is 2.88. The lowest BCUT2D eigenvalue weighted by atomic mass is 9.94. The first-order valence-electron chi connectivity index (χ1n) is 11.5. The van der Waals surface area contributed by atoms with Crippen LogP contribution in [0, 0.1) is 11.7 Å². The van der Waals surface area contributed by atoms with Crippen LogP contribution >= 0.6 is 0 Å². The molecular formula is C27H27FN2O3. The average molecular weight is 447 g/mol. The summed E-state index contributed by atoms with van der Waals surface area (Å²) < 4.78 is 19.1. The number of likely N-dealkylation sites (tertiary alicyclic amines) is 1. The number of hydrogen-bond donors (Lipinski definition) is 0. The van der Waals surface area contributed by atoms with Crippen LogP contribution < -0.4 is 0 Å². The highest BCUT2D eigenvalue weighted by molar-refractivity contribution is 6.07. The molecule has 5 nitrogen and oxygen atoms in total. The Labute approximate surface area is 192 Å². The first kappa shape index (κ1) is 21.6. The van der Waals surface area contributed by atoms with E-state index in [0.29, 0.717) is 38.3 Å². The molecular weight excluding hydrogens is 419 g/mol. The molecule has 170 valence electrons. The molecule has 2 saturated heterocycles. The number of carbonyl (C=O) groups is 2. The van der Waals surface area contributed by atoms with Crippen molar-refractivity contribution in [2.24, 2.45) is 5.92 Å². The van der Waals surface area contributed by atoms with Crippen molar-refractivity contribution in [2.75, 3.05) is 32.8 Å². The molecule has 2 fully saturated rings. The smallest absolute Gasteiger partial charge is 0.254 e. The molecule has 0 N–H and O–H groups in total. The summed E-state index contributed by atoms with van der Waals surface area (Å²) in [6.45, 7) is 2.51. The normalized spacial score (nSPS) is 21.2. The zero-order valence-corrected chi connectivity index (χ0v) is 18.5. The number of morpholine rings is 1. The molecule has 0 radical (unpaired) electrons. The molecule has 0 spiro atoms. The molecule has 0 aliphatic carbocycles. The molecule has 2 aliphatic rings. The predicted octanol–water partition coefficient (Wildman–Crippen LogP) is 4.43. The summed E-state index contributed by atoms with van der Waals surface area (Å²) in [5.41, 5.74) is 1.55. The summed E-state index contributed by atoms with van der Waals surface area (Å²) in [4.78, 5) is 30.4. The van der Waals surface area contributed by atoms with Crippen molar-refractivity contribution in [3.63, 3.8) is 0 Å². The lowest BCUT2D eigenvalue weighted by Crippen LogP contribution is -2.50. The van der Waals surface area contributed by atoms with E-state index in [4.69, 9.17) is 4.74 Å². The fourth-order valence-corrected chi connectivity index (χ4v) is 4.93. The first-order valence-corrected chi connectivity index (χ1v) is 11.5. The molecule has 3 aromatic carbocycles. The first-order chi connectivity index (χ1) is 16.1. The second kappa shape index (κ2) is 9.32. The largest absolute Gasteiger partial charge is 0.370 e. The lowest BCUT2D eigenvalue weighted by molar-refractivity contribution is -0.144. The van der Waals surface area contributed by atoms with E-state index < -0.39 is 0 Å². The van der Waals surface area contributed by atoms with Crippen LogP contribution in [0.3, 0.4) is 0 Å². The van der Waals surface area contributed by atoms with E-state index in [1.807, 2.05) is 52.3 Å². The number of fused-ring (bicyclic) bond motifs is 1. The summed E-state index contributed by atoms with van der Waals surface area (Å²) in [5, 5.41) is 1.97. The third-order valence-electron chi connectivity index (χ3n) is 6.70. The second-order valence-corrected chi connectivity index (χ2v) is 8.81. The number of rotatable bonds is 3. The topological polar surface area (TPSA) is 49.9 Å². The molecule has 2 aliphatic heterocycles. The molecule has 33 heavy (non-hydrogen) atoms. The van der Waals surface area contributed by atoms with Gasteiger partial charge in [0.15, 0.2) is 0 Å². The summed E-state index contributed by atoms with van der Waals surface area (Å²) in [6, 6.07) is 19.9. The van der Waals surface area contributed by atoms with Crippen LogP contribution in [0.25, 0.3) is 10.8 Å². The van der Waals surface area contributed by atoms with Gasteiger partial charge < -0.3 is 14.5 Å². The number of nitrogens with zero attached hydrogens (tertiary/aromatic N) is 2. The van der Waals surface area contributed by atoms with Gasteiger partial charge in [0.1, 0.15) is 11.9 Å². The maximum Gasteiger partial charge on any atom is 0.254 e. The molecule has 3 aromatic rings. The van der Waals surface area contributed by atoms with Gasteiger partial charge in [-0.05, 0) is 47.4 Å². The van der Waals surface area contributed by atoms with Crippen LogP contribution in [0.5, 0.6) is 0 Å². The van der Waals surface area contributed by atoms with E-state index >= 15 is 0 Å². The highest BCUT2D eigenvalue weighted by Gasteiger charge is 2.34. The van der Waals surface area contributed by atoms with Gasteiger partial charge in [-0.15, -0.1) is 0 Å². The fraction of sp³-hybridized carbons (Fsp3) is 0.333. The highest BCUT2D eigenvalue weighted by Crippen LogP contribution is 2.27. The number of halogens is 1.